The van der Waals surface area contributed by atoms with Gasteiger partial charge >= 0.3 is 5.97 Å². The number of amides is 1. The predicted molar refractivity (Wildman–Crippen MR) is 83.7 cm³/mol. The van der Waals surface area contributed by atoms with Gasteiger partial charge in [0.25, 0.3) is 15.9 Å². The van der Waals surface area contributed by atoms with E-state index in [-0.39, 0.29) is 37.1 Å². The highest BCUT2D eigenvalue weighted by Crippen LogP contribution is 2.20. The Balaban J connectivity index is 1.79. The van der Waals surface area contributed by atoms with Gasteiger partial charge in [0.05, 0.1) is 37.0 Å². The molecule has 0 bridgehead atoms. The van der Waals surface area contributed by atoms with Gasteiger partial charge < -0.3 is 19.6 Å². The van der Waals surface area contributed by atoms with E-state index in [1.54, 1.807) is 11.1 Å². The third kappa shape index (κ3) is 3.49. The number of nitrogens with zero attached hydrogens (tertiary/aromatic N) is 3. The van der Waals surface area contributed by atoms with Gasteiger partial charge in [-0.05, 0) is 12.2 Å². The van der Waals surface area contributed by atoms with Crippen LogP contribution in [0.3, 0.4) is 0 Å². The molecule has 1 N–H and O–H groups in total. The molecule has 0 radical (unpaired) electrons. The highest BCUT2D eigenvalue weighted by Gasteiger charge is 2.32. The second-order valence-corrected chi connectivity index (χ2v) is 7.43. The lowest BCUT2D eigenvalue weighted by atomic mass is 10.1. The van der Waals surface area contributed by atoms with Gasteiger partial charge in [-0.1, -0.05) is 0 Å². The van der Waals surface area contributed by atoms with Crippen molar-refractivity contribution in [1.82, 2.24) is 9.80 Å². The summed E-state index contributed by atoms with van der Waals surface area (Å²) < 4.78 is 31.9. The highest BCUT2D eigenvalue weighted by molar-refractivity contribution is 7.90. The molecule has 9 nitrogen and oxygen atoms in total. The third-order valence-corrected chi connectivity index (χ3v) is 5.13. The minimum Gasteiger partial charge on any atom is -0.481 e. The number of ether oxygens (including phenoxy) is 1. The van der Waals surface area contributed by atoms with Crippen molar-refractivity contribution >= 4 is 27.7 Å². The predicted octanol–water partition coefficient (Wildman–Crippen LogP) is -0.814. The molecule has 0 aromatic carbocycles. The first kappa shape index (κ1) is 16.7. The number of carboxylic acid groups (broad SMARTS) is 1. The number of aliphatic carboxylic acids is 1. The van der Waals surface area contributed by atoms with E-state index >= 15 is 0 Å². The van der Waals surface area contributed by atoms with Gasteiger partial charge in [0, 0.05) is 19.3 Å². The standard InChI is InChI=1S/C14H17N3O6S/c18-13(19)7-11-9-23-5-3-17(11)14(20)10-1-2-12-15-24(21,22)6-4-16(12)8-10/h1-2,8,11H,3-7,9H2,(H,18,19). The van der Waals surface area contributed by atoms with Crippen LogP contribution in [0.5, 0.6) is 0 Å². The smallest absolute Gasteiger partial charge is 0.305 e. The fourth-order valence-corrected chi connectivity index (χ4v) is 3.76. The van der Waals surface area contributed by atoms with E-state index in [1.807, 2.05) is 0 Å². The fourth-order valence-electron chi connectivity index (χ4n) is 2.79. The zero-order chi connectivity index (χ0) is 17.3. The Bertz CT molecular complexity index is 754. The molecule has 3 aliphatic rings. The van der Waals surface area contributed by atoms with Gasteiger partial charge in [0.2, 0.25) is 0 Å². The largest absolute Gasteiger partial charge is 0.481 e. The van der Waals surface area contributed by atoms with Crippen LogP contribution in [0, 0.1) is 0 Å². The van der Waals surface area contributed by atoms with Crippen molar-refractivity contribution in [2.45, 2.75) is 12.5 Å². The first-order chi connectivity index (χ1) is 11.4. The minimum atomic E-state index is -3.44. The van der Waals surface area contributed by atoms with Crippen LogP contribution in [0.1, 0.15) is 6.42 Å². The Hall–Kier alpha value is -2.20. The molecule has 0 aromatic rings. The average Bonchev–Trinajstić information content (AvgIpc) is 2.53. The summed E-state index contributed by atoms with van der Waals surface area (Å²) in [5.74, 6) is -1.12. The van der Waals surface area contributed by atoms with E-state index in [1.165, 1.54) is 17.1 Å². The Morgan fingerprint density at radius 3 is 2.88 bits per heavy atom. The van der Waals surface area contributed by atoms with Crippen molar-refractivity contribution in [3.8, 4) is 0 Å². The molecule has 0 aromatic heterocycles. The molecule has 130 valence electrons. The summed E-state index contributed by atoms with van der Waals surface area (Å²) in [6, 6.07) is -0.519. The van der Waals surface area contributed by atoms with Gasteiger partial charge in [-0.15, -0.1) is 4.40 Å². The van der Waals surface area contributed by atoms with Crippen molar-refractivity contribution in [3.63, 3.8) is 0 Å². The number of carbonyl (C=O) groups excluding carboxylic acids is 1. The van der Waals surface area contributed by atoms with E-state index < -0.39 is 22.0 Å². The number of fused-ring (bicyclic) bond motifs is 1. The number of hydrogen-bond donors (Lipinski definition) is 1. The van der Waals surface area contributed by atoms with Gasteiger partial charge in [-0.3, -0.25) is 9.59 Å². The fraction of sp³-hybridized carbons (Fsp3) is 0.500. The molecule has 3 rings (SSSR count). The van der Waals surface area contributed by atoms with Crippen molar-refractivity contribution in [1.29, 1.82) is 0 Å². The quantitative estimate of drug-likeness (QED) is 0.703. The molecular formula is C14H17N3O6S. The van der Waals surface area contributed by atoms with E-state index in [9.17, 15) is 18.0 Å². The molecule has 1 fully saturated rings. The average molecular weight is 355 g/mol. The van der Waals surface area contributed by atoms with Crippen LogP contribution < -0.4 is 0 Å². The van der Waals surface area contributed by atoms with Crippen molar-refractivity contribution in [2.24, 2.45) is 4.40 Å². The van der Waals surface area contributed by atoms with E-state index in [0.29, 0.717) is 18.7 Å². The number of amidine groups is 1. The molecule has 0 saturated carbocycles. The van der Waals surface area contributed by atoms with Crippen LogP contribution in [-0.4, -0.2) is 79.1 Å². The Morgan fingerprint density at radius 1 is 1.33 bits per heavy atom. The van der Waals surface area contributed by atoms with Gasteiger partial charge in [0.15, 0.2) is 0 Å². The summed E-state index contributed by atoms with van der Waals surface area (Å²) >= 11 is 0. The molecule has 3 heterocycles. The lowest BCUT2D eigenvalue weighted by molar-refractivity contribution is -0.144. The van der Waals surface area contributed by atoms with Crippen molar-refractivity contribution < 1.29 is 27.9 Å². The van der Waals surface area contributed by atoms with Crippen LogP contribution >= 0.6 is 0 Å². The second kappa shape index (κ2) is 6.36. The Kier molecular flexibility index (Phi) is 4.41. The number of morpholine rings is 1. The Morgan fingerprint density at radius 2 is 2.12 bits per heavy atom. The van der Waals surface area contributed by atoms with E-state index in [0.717, 1.165) is 0 Å². The number of rotatable bonds is 3. The summed E-state index contributed by atoms with van der Waals surface area (Å²) in [7, 11) is -3.44. The molecule has 1 saturated heterocycles. The molecule has 1 amide bonds. The molecular weight excluding hydrogens is 338 g/mol. The minimum absolute atomic E-state index is 0.110. The lowest BCUT2D eigenvalue weighted by Crippen LogP contribution is -2.50. The van der Waals surface area contributed by atoms with Crippen LogP contribution in [0.4, 0.5) is 0 Å². The maximum atomic E-state index is 12.7. The SMILES string of the molecule is O=C(O)CC1COCCN1C(=O)C1=CN2CCS(=O)(=O)N=C2C=C1. The molecule has 0 aliphatic carbocycles. The highest BCUT2D eigenvalue weighted by atomic mass is 32.2. The number of carboxylic acids is 1. The van der Waals surface area contributed by atoms with Gasteiger partial charge in [-0.25, -0.2) is 8.42 Å². The van der Waals surface area contributed by atoms with Crippen LogP contribution in [-0.2, 0) is 24.3 Å². The summed E-state index contributed by atoms with van der Waals surface area (Å²) in [4.78, 5) is 26.8. The van der Waals surface area contributed by atoms with E-state index in [4.69, 9.17) is 9.84 Å². The molecule has 1 atom stereocenters. The zero-order valence-corrected chi connectivity index (χ0v) is 13.6. The normalized spacial score (nSPS) is 25.6. The molecule has 0 spiro atoms. The topological polar surface area (TPSA) is 117 Å². The monoisotopic (exact) mass is 355 g/mol. The summed E-state index contributed by atoms with van der Waals surface area (Å²) in [5, 5.41) is 8.98. The number of carbonyl (C=O) groups is 2. The first-order valence-electron chi connectivity index (χ1n) is 7.45. The van der Waals surface area contributed by atoms with E-state index in [2.05, 4.69) is 4.40 Å². The van der Waals surface area contributed by atoms with Crippen molar-refractivity contribution in [3.05, 3.63) is 23.9 Å². The third-order valence-electron chi connectivity index (χ3n) is 3.97. The molecule has 1 unspecified atom stereocenters. The summed E-state index contributed by atoms with van der Waals surface area (Å²) in [6.45, 7) is 1.08. The van der Waals surface area contributed by atoms with Crippen molar-refractivity contribution in [2.75, 3.05) is 32.1 Å². The van der Waals surface area contributed by atoms with Crippen LogP contribution in [0.15, 0.2) is 28.3 Å². The maximum Gasteiger partial charge on any atom is 0.305 e. The molecule has 3 aliphatic heterocycles. The summed E-state index contributed by atoms with van der Waals surface area (Å²) in [5.41, 5.74) is 0.366. The van der Waals surface area contributed by atoms with Crippen LogP contribution in [0.25, 0.3) is 0 Å². The van der Waals surface area contributed by atoms with Crippen LogP contribution in [0.2, 0.25) is 0 Å². The van der Waals surface area contributed by atoms with Gasteiger partial charge in [0.1, 0.15) is 5.84 Å². The second-order valence-electron chi connectivity index (χ2n) is 5.67. The summed E-state index contributed by atoms with van der Waals surface area (Å²) in [6.07, 6.45) is 4.36. The molecule has 24 heavy (non-hydrogen) atoms. The number of sulfonamides is 1. The van der Waals surface area contributed by atoms with Gasteiger partial charge in [-0.2, -0.15) is 0 Å². The molecule has 10 heteroatoms. The number of hydrogen-bond acceptors (Lipinski definition) is 6. The zero-order valence-electron chi connectivity index (χ0n) is 12.8. The Labute approximate surface area is 138 Å². The lowest BCUT2D eigenvalue weighted by Gasteiger charge is -2.36. The first-order valence-corrected chi connectivity index (χ1v) is 9.06. The maximum absolute atomic E-state index is 12.7.